The summed E-state index contributed by atoms with van der Waals surface area (Å²) in [6, 6.07) is 14.1. The van der Waals surface area contributed by atoms with E-state index >= 15 is 0 Å². The van der Waals surface area contributed by atoms with Crippen molar-refractivity contribution in [2.24, 2.45) is 0 Å². The van der Waals surface area contributed by atoms with Gasteiger partial charge < -0.3 is 15.0 Å². The molecule has 1 aliphatic rings. The zero-order valence-electron chi connectivity index (χ0n) is 17.8. The number of ether oxygens (including phenoxy) is 1. The van der Waals surface area contributed by atoms with Crippen molar-refractivity contribution in [3.8, 4) is 5.75 Å². The zero-order chi connectivity index (χ0) is 22.4. The molecule has 3 rings (SSSR count). The maximum Gasteiger partial charge on any atom is 0.247 e. The fraction of sp³-hybridized carbons (Fsp3) is 0.409. The van der Waals surface area contributed by atoms with E-state index in [1.165, 1.54) is 23.5 Å². The standard InChI is InChI=1S/C22H28ClN3O4S/c1-17(18-6-4-3-5-7-18)15-26(16-22(27)25-12-10-24-11-13-25)31(28,29)21-14-19(23)8-9-20(21)30-2/h3-9,14,17,24H,10-13,15-16H2,1-2H3/t17-/m0/s1. The number of hydrogen-bond acceptors (Lipinski definition) is 5. The molecule has 1 amide bonds. The summed E-state index contributed by atoms with van der Waals surface area (Å²) in [6.45, 7) is 4.36. The Bertz CT molecular complexity index is 995. The minimum Gasteiger partial charge on any atom is -0.495 e. The molecule has 31 heavy (non-hydrogen) atoms. The Morgan fingerprint density at radius 1 is 1.19 bits per heavy atom. The van der Waals surface area contributed by atoms with E-state index in [2.05, 4.69) is 5.32 Å². The topological polar surface area (TPSA) is 79.0 Å². The van der Waals surface area contributed by atoms with Crippen molar-refractivity contribution in [2.45, 2.75) is 17.7 Å². The van der Waals surface area contributed by atoms with Crippen LogP contribution in [0.4, 0.5) is 0 Å². The number of sulfonamides is 1. The van der Waals surface area contributed by atoms with Gasteiger partial charge >= 0.3 is 0 Å². The first-order chi connectivity index (χ1) is 14.8. The Hall–Kier alpha value is -2.13. The van der Waals surface area contributed by atoms with Gasteiger partial charge in [0.05, 0.1) is 13.7 Å². The predicted molar refractivity (Wildman–Crippen MR) is 121 cm³/mol. The Labute approximate surface area is 189 Å². The average Bonchev–Trinajstić information content (AvgIpc) is 2.79. The van der Waals surface area contributed by atoms with Crippen molar-refractivity contribution in [3.63, 3.8) is 0 Å². The second-order valence-corrected chi connectivity index (χ2v) is 9.88. The van der Waals surface area contributed by atoms with Gasteiger partial charge in [0.2, 0.25) is 15.9 Å². The summed E-state index contributed by atoms with van der Waals surface area (Å²) >= 11 is 6.09. The maximum atomic E-state index is 13.7. The maximum absolute atomic E-state index is 13.7. The number of methoxy groups -OCH3 is 1. The molecule has 0 unspecified atom stereocenters. The lowest BCUT2D eigenvalue weighted by molar-refractivity contribution is -0.132. The van der Waals surface area contributed by atoms with E-state index < -0.39 is 10.0 Å². The molecule has 168 valence electrons. The SMILES string of the molecule is COc1ccc(Cl)cc1S(=O)(=O)N(CC(=O)N1CCNCC1)C[C@H](C)c1ccccc1. The van der Waals surface area contributed by atoms with Gasteiger partial charge in [-0.15, -0.1) is 0 Å². The molecule has 0 radical (unpaired) electrons. The van der Waals surface area contributed by atoms with Gasteiger partial charge in [0.15, 0.2) is 0 Å². The van der Waals surface area contributed by atoms with Gasteiger partial charge in [-0.2, -0.15) is 4.31 Å². The van der Waals surface area contributed by atoms with Crippen LogP contribution in [-0.4, -0.2) is 69.9 Å². The van der Waals surface area contributed by atoms with Crippen molar-refractivity contribution >= 4 is 27.5 Å². The third kappa shape index (κ3) is 5.77. The molecule has 0 aromatic heterocycles. The highest BCUT2D eigenvalue weighted by atomic mass is 35.5. The van der Waals surface area contributed by atoms with Crippen LogP contribution in [0.5, 0.6) is 5.75 Å². The largest absolute Gasteiger partial charge is 0.495 e. The molecule has 0 saturated carbocycles. The number of hydrogen-bond donors (Lipinski definition) is 1. The van der Waals surface area contributed by atoms with Gasteiger partial charge in [-0.25, -0.2) is 8.42 Å². The minimum absolute atomic E-state index is 0.0455. The molecule has 0 spiro atoms. The second kappa shape index (κ2) is 10.5. The van der Waals surface area contributed by atoms with Crippen LogP contribution in [0.3, 0.4) is 0 Å². The number of benzene rings is 2. The zero-order valence-corrected chi connectivity index (χ0v) is 19.3. The summed E-state index contributed by atoms with van der Waals surface area (Å²) in [6.07, 6.45) is 0. The highest BCUT2D eigenvalue weighted by Gasteiger charge is 2.32. The first kappa shape index (κ1) is 23.5. The number of piperazine rings is 1. The van der Waals surface area contributed by atoms with Crippen molar-refractivity contribution < 1.29 is 17.9 Å². The summed E-state index contributed by atoms with van der Waals surface area (Å²) in [5, 5.41) is 3.48. The molecule has 1 heterocycles. The molecule has 0 aliphatic carbocycles. The molecule has 1 aliphatic heterocycles. The van der Waals surface area contributed by atoms with Crippen molar-refractivity contribution in [3.05, 3.63) is 59.1 Å². The third-order valence-corrected chi connectivity index (χ3v) is 7.44. The van der Waals surface area contributed by atoms with E-state index in [4.69, 9.17) is 16.3 Å². The first-order valence-corrected chi connectivity index (χ1v) is 12.0. The van der Waals surface area contributed by atoms with Crippen LogP contribution in [0.25, 0.3) is 0 Å². The Morgan fingerprint density at radius 3 is 2.52 bits per heavy atom. The Balaban J connectivity index is 1.94. The molecule has 1 N–H and O–H groups in total. The molecule has 1 saturated heterocycles. The van der Waals surface area contributed by atoms with E-state index in [0.29, 0.717) is 26.2 Å². The van der Waals surface area contributed by atoms with Crippen molar-refractivity contribution in [1.29, 1.82) is 0 Å². The summed E-state index contributed by atoms with van der Waals surface area (Å²) in [7, 11) is -2.63. The number of nitrogens with one attached hydrogen (secondary N) is 1. The fourth-order valence-electron chi connectivity index (χ4n) is 3.60. The van der Waals surface area contributed by atoms with Crippen LogP contribution in [0.15, 0.2) is 53.4 Å². The van der Waals surface area contributed by atoms with Gasteiger partial charge in [0.25, 0.3) is 0 Å². The monoisotopic (exact) mass is 465 g/mol. The van der Waals surface area contributed by atoms with E-state index in [-0.39, 0.29) is 40.6 Å². The fourth-order valence-corrected chi connectivity index (χ4v) is 5.49. The lowest BCUT2D eigenvalue weighted by Crippen LogP contribution is -2.50. The predicted octanol–water partition coefficient (Wildman–Crippen LogP) is 2.57. The summed E-state index contributed by atoms with van der Waals surface area (Å²) < 4.78 is 33.8. The number of amides is 1. The van der Waals surface area contributed by atoms with Crippen LogP contribution in [0.1, 0.15) is 18.4 Å². The number of halogens is 1. The molecule has 7 nitrogen and oxygen atoms in total. The summed E-state index contributed by atoms with van der Waals surface area (Å²) in [5.74, 6) is -0.139. The van der Waals surface area contributed by atoms with Gasteiger partial charge in [-0.3, -0.25) is 4.79 Å². The van der Waals surface area contributed by atoms with Crippen molar-refractivity contribution in [1.82, 2.24) is 14.5 Å². The normalized spacial score (nSPS) is 15.7. The Morgan fingerprint density at radius 2 is 1.87 bits per heavy atom. The molecule has 9 heteroatoms. The number of carbonyl (C=O) groups is 1. The number of nitrogens with zero attached hydrogens (tertiary/aromatic N) is 2. The average molecular weight is 466 g/mol. The van der Waals surface area contributed by atoms with Crippen LogP contribution >= 0.6 is 11.6 Å². The molecule has 1 fully saturated rings. The molecular weight excluding hydrogens is 438 g/mol. The lowest BCUT2D eigenvalue weighted by atomic mass is 10.0. The molecule has 2 aromatic rings. The number of carbonyl (C=O) groups excluding carboxylic acids is 1. The minimum atomic E-state index is -4.04. The van der Waals surface area contributed by atoms with E-state index in [1.807, 2.05) is 37.3 Å². The van der Waals surface area contributed by atoms with E-state index in [9.17, 15) is 13.2 Å². The van der Waals surface area contributed by atoms with E-state index in [1.54, 1.807) is 11.0 Å². The summed E-state index contributed by atoms with van der Waals surface area (Å²) in [4.78, 5) is 14.6. The Kier molecular flexibility index (Phi) is 7.94. The van der Waals surface area contributed by atoms with Crippen molar-refractivity contribution in [2.75, 3.05) is 46.4 Å². The van der Waals surface area contributed by atoms with Crippen LogP contribution in [0, 0.1) is 0 Å². The van der Waals surface area contributed by atoms with Crippen LogP contribution < -0.4 is 10.1 Å². The van der Waals surface area contributed by atoms with Gasteiger partial charge in [-0.1, -0.05) is 48.9 Å². The molecular formula is C22H28ClN3O4S. The molecule has 2 aromatic carbocycles. The van der Waals surface area contributed by atoms with Gasteiger partial charge in [0.1, 0.15) is 10.6 Å². The van der Waals surface area contributed by atoms with Crippen LogP contribution in [0.2, 0.25) is 5.02 Å². The second-order valence-electron chi connectivity index (χ2n) is 7.54. The van der Waals surface area contributed by atoms with Gasteiger partial charge in [-0.05, 0) is 29.7 Å². The highest BCUT2D eigenvalue weighted by molar-refractivity contribution is 7.89. The first-order valence-electron chi connectivity index (χ1n) is 10.2. The van der Waals surface area contributed by atoms with Gasteiger partial charge in [0, 0.05) is 37.7 Å². The highest BCUT2D eigenvalue weighted by Crippen LogP contribution is 2.31. The molecule has 0 bridgehead atoms. The smallest absolute Gasteiger partial charge is 0.247 e. The number of rotatable bonds is 8. The van der Waals surface area contributed by atoms with E-state index in [0.717, 1.165) is 5.56 Å². The third-order valence-electron chi connectivity index (χ3n) is 5.37. The lowest BCUT2D eigenvalue weighted by Gasteiger charge is -2.31. The van der Waals surface area contributed by atoms with Crippen LogP contribution in [-0.2, 0) is 14.8 Å². The summed E-state index contributed by atoms with van der Waals surface area (Å²) in [5.41, 5.74) is 0.996. The quantitative estimate of drug-likeness (QED) is 0.648. The molecule has 1 atom stereocenters.